The number of amides is 1. The van der Waals surface area contributed by atoms with E-state index < -0.39 is 23.1 Å². The molecule has 1 fully saturated rings. The zero-order valence-electron chi connectivity index (χ0n) is 13.9. The molecule has 0 saturated heterocycles. The predicted octanol–water partition coefficient (Wildman–Crippen LogP) is 3.89. The van der Waals surface area contributed by atoms with Gasteiger partial charge in [-0.1, -0.05) is 24.6 Å². The molecule has 0 heterocycles. The van der Waals surface area contributed by atoms with Gasteiger partial charge in [-0.25, -0.2) is 0 Å². The summed E-state index contributed by atoms with van der Waals surface area (Å²) in [5, 5.41) is 11.4. The van der Waals surface area contributed by atoms with Crippen molar-refractivity contribution in [2.24, 2.45) is 0 Å². The zero-order valence-corrected chi connectivity index (χ0v) is 13.9. The van der Waals surface area contributed by atoms with E-state index in [1.807, 2.05) is 0 Å². The van der Waals surface area contributed by atoms with Gasteiger partial charge >= 0.3 is 12.1 Å². The summed E-state index contributed by atoms with van der Waals surface area (Å²) < 4.78 is 38.7. The van der Waals surface area contributed by atoms with Crippen molar-refractivity contribution in [2.45, 2.75) is 56.5 Å². The Hall–Kier alpha value is -2.05. The molecule has 0 aliphatic heterocycles. The maximum Gasteiger partial charge on any atom is 0.416 e. The molecule has 7 heteroatoms. The second kappa shape index (κ2) is 7.89. The number of halogens is 3. The second-order valence-corrected chi connectivity index (χ2v) is 6.59. The Bertz CT molecular complexity index is 624. The average Bonchev–Trinajstić information content (AvgIpc) is 2.50. The zero-order chi connectivity index (χ0) is 18.5. The lowest BCUT2D eigenvalue weighted by molar-refractivity contribution is -0.138. The van der Waals surface area contributed by atoms with E-state index in [2.05, 4.69) is 5.32 Å². The molecule has 0 atom stereocenters. The van der Waals surface area contributed by atoms with Gasteiger partial charge in [0, 0.05) is 24.8 Å². The van der Waals surface area contributed by atoms with Crippen LogP contribution >= 0.6 is 0 Å². The van der Waals surface area contributed by atoms with Gasteiger partial charge in [-0.05, 0) is 37.3 Å². The Labute approximate surface area is 144 Å². The molecule has 1 saturated carbocycles. The number of carboxylic acid groups (broad SMARTS) is 1. The Morgan fingerprint density at radius 1 is 1.16 bits per heavy atom. The molecule has 1 aliphatic rings. The van der Waals surface area contributed by atoms with E-state index in [0.717, 1.165) is 25.3 Å². The van der Waals surface area contributed by atoms with Crippen molar-refractivity contribution in [1.82, 2.24) is 5.32 Å². The third-order valence-electron chi connectivity index (χ3n) is 4.78. The van der Waals surface area contributed by atoms with Gasteiger partial charge in [0.15, 0.2) is 0 Å². The summed E-state index contributed by atoms with van der Waals surface area (Å²) in [6, 6.07) is 5.33. The molecule has 1 amide bonds. The third-order valence-corrected chi connectivity index (χ3v) is 4.78. The monoisotopic (exact) mass is 357 g/mol. The quantitative estimate of drug-likeness (QED) is 0.694. The van der Waals surface area contributed by atoms with Gasteiger partial charge in [-0.3, -0.25) is 9.59 Å². The molecule has 25 heavy (non-hydrogen) atoms. The smallest absolute Gasteiger partial charge is 0.416 e. The van der Waals surface area contributed by atoms with Crippen LogP contribution in [-0.2, 0) is 21.2 Å². The van der Waals surface area contributed by atoms with Crippen LogP contribution in [0.4, 0.5) is 13.2 Å². The van der Waals surface area contributed by atoms with E-state index in [1.54, 1.807) is 6.07 Å². The number of hydrogen-bond donors (Lipinski definition) is 2. The lowest BCUT2D eigenvalue weighted by Crippen LogP contribution is -2.45. The third kappa shape index (κ3) is 5.21. The number of hydrogen-bond acceptors (Lipinski definition) is 2. The van der Waals surface area contributed by atoms with Crippen LogP contribution < -0.4 is 5.32 Å². The summed E-state index contributed by atoms with van der Waals surface area (Å²) in [5.41, 5.74) is -0.492. The van der Waals surface area contributed by atoms with Crippen LogP contribution in [0.3, 0.4) is 0 Å². The summed E-state index contributed by atoms with van der Waals surface area (Å²) in [6.07, 6.45) is -0.802. The molecule has 138 valence electrons. The molecule has 4 nitrogen and oxygen atoms in total. The molecule has 1 aromatic rings. The number of rotatable bonds is 8. The SMILES string of the molecule is O=C(O)CCCCC(=O)NCC1(c2cccc(C(F)(F)F)c2)CCC1. The van der Waals surface area contributed by atoms with Gasteiger partial charge in [0.25, 0.3) is 0 Å². The molecule has 0 spiro atoms. The minimum Gasteiger partial charge on any atom is -0.481 e. The largest absolute Gasteiger partial charge is 0.481 e. The molecule has 0 radical (unpaired) electrons. The number of unbranched alkanes of at least 4 members (excludes halogenated alkanes) is 1. The first kappa shape index (κ1) is 19.3. The van der Waals surface area contributed by atoms with Crippen LogP contribution in [0.1, 0.15) is 56.1 Å². The number of carbonyl (C=O) groups excluding carboxylic acids is 1. The highest BCUT2D eigenvalue weighted by atomic mass is 19.4. The van der Waals surface area contributed by atoms with Crippen molar-refractivity contribution in [2.75, 3.05) is 6.54 Å². The normalized spacial score (nSPS) is 16.1. The van der Waals surface area contributed by atoms with Crippen molar-refractivity contribution in [3.05, 3.63) is 35.4 Å². The first-order chi connectivity index (χ1) is 11.7. The summed E-state index contributed by atoms with van der Waals surface area (Å²) >= 11 is 0. The highest BCUT2D eigenvalue weighted by Crippen LogP contribution is 2.44. The number of carbonyl (C=O) groups is 2. The molecule has 1 aliphatic carbocycles. The number of carboxylic acids is 1. The lowest BCUT2D eigenvalue weighted by Gasteiger charge is -2.43. The minimum absolute atomic E-state index is 0.0292. The van der Waals surface area contributed by atoms with E-state index in [1.165, 1.54) is 12.1 Å². The lowest BCUT2D eigenvalue weighted by atomic mass is 9.64. The Morgan fingerprint density at radius 3 is 2.40 bits per heavy atom. The fourth-order valence-electron chi connectivity index (χ4n) is 3.11. The van der Waals surface area contributed by atoms with E-state index in [9.17, 15) is 22.8 Å². The van der Waals surface area contributed by atoms with Gasteiger partial charge in [0.2, 0.25) is 5.91 Å². The number of alkyl halides is 3. The molecule has 0 bridgehead atoms. The van der Waals surface area contributed by atoms with Crippen molar-refractivity contribution in [1.29, 1.82) is 0 Å². The maximum absolute atomic E-state index is 12.9. The highest BCUT2D eigenvalue weighted by molar-refractivity contribution is 5.76. The topological polar surface area (TPSA) is 66.4 Å². The van der Waals surface area contributed by atoms with E-state index >= 15 is 0 Å². The Balaban J connectivity index is 1.93. The standard InChI is InChI=1S/C18H22F3NO3/c19-18(20,21)14-6-3-5-13(11-14)17(9-4-10-17)12-22-15(23)7-1-2-8-16(24)25/h3,5-6,11H,1-2,4,7-10,12H2,(H,22,23)(H,24,25). The predicted molar refractivity (Wildman–Crippen MR) is 86.1 cm³/mol. The van der Waals surface area contributed by atoms with Crippen LogP contribution in [0.2, 0.25) is 0 Å². The fourth-order valence-corrected chi connectivity index (χ4v) is 3.11. The van der Waals surface area contributed by atoms with Gasteiger partial charge in [-0.2, -0.15) is 13.2 Å². The number of nitrogens with one attached hydrogen (secondary N) is 1. The molecule has 2 rings (SSSR count). The van der Waals surface area contributed by atoms with Crippen LogP contribution in [-0.4, -0.2) is 23.5 Å². The molecule has 0 unspecified atom stereocenters. The summed E-state index contributed by atoms with van der Waals surface area (Å²) in [7, 11) is 0. The summed E-state index contributed by atoms with van der Waals surface area (Å²) in [4.78, 5) is 22.3. The van der Waals surface area contributed by atoms with Crippen molar-refractivity contribution in [3.63, 3.8) is 0 Å². The fraction of sp³-hybridized carbons (Fsp3) is 0.556. The van der Waals surface area contributed by atoms with Crippen molar-refractivity contribution < 1.29 is 27.9 Å². The highest BCUT2D eigenvalue weighted by Gasteiger charge is 2.40. The van der Waals surface area contributed by atoms with Gasteiger partial charge in [-0.15, -0.1) is 0 Å². The summed E-state index contributed by atoms with van der Waals surface area (Å²) in [5.74, 6) is -1.08. The van der Waals surface area contributed by atoms with E-state index in [4.69, 9.17) is 5.11 Å². The van der Waals surface area contributed by atoms with Crippen molar-refractivity contribution >= 4 is 11.9 Å². The number of aliphatic carboxylic acids is 1. The minimum atomic E-state index is -4.38. The molecule has 1 aromatic carbocycles. The molecule has 2 N–H and O–H groups in total. The second-order valence-electron chi connectivity index (χ2n) is 6.59. The van der Waals surface area contributed by atoms with Gasteiger partial charge in [0.05, 0.1) is 5.56 Å². The number of benzene rings is 1. The average molecular weight is 357 g/mol. The van der Waals surface area contributed by atoms with Crippen LogP contribution in [0, 0.1) is 0 Å². The van der Waals surface area contributed by atoms with Gasteiger partial charge < -0.3 is 10.4 Å². The van der Waals surface area contributed by atoms with Crippen LogP contribution in [0.15, 0.2) is 24.3 Å². The molecular formula is C18H22F3NO3. The van der Waals surface area contributed by atoms with Crippen LogP contribution in [0.5, 0.6) is 0 Å². The Morgan fingerprint density at radius 2 is 1.84 bits per heavy atom. The first-order valence-electron chi connectivity index (χ1n) is 8.39. The Kier molecular flexibility index (Phi) is 6.08. The van der Waals surface area contributed by atoms with Gasteiger partial charge in [0.1, 0.15) is 0 Å². The van der Waals surface area contributed by atoms with Crippen molar-refractivity contribution in [3.8, 4) is 0 Å². The van der Waals surface area contributed by atoms with Crippen LogP contribution in [0.25, 0.3) is 0 Å². The first-order valence-corrected chi connectivity index (χ1v) is 8.39. The molecular weight excluding hydrogens is 335 g/mol. The summed E-state index contributed by atoms with van der Waals surface area (Å²) in [6.45, 7) is 0.312. The molecule has 0 aromatic heterocycles. The van der Waals surface area contributed by atoms with E-state index in [0.29, 0.717) is 24.9 Å². The van der Waals surface area contributed by atoms with E-state index in [-0.39, 0.29) is 18.7 Å². The maximum atomic E-state index is 12.9.